The summed E-state index contributed by atoms with van der Waals surface area (Å²) >= 11 is 1.28. The van der Waals surface area contributed by atoms with Crippen LogP contribution in [0.2, 0.25) is 0 Å². The standard InChI is InChI=1S/C14H25NO2S/c1-9(2)13(16)11-6-5-7-12(8-11)18-14(17)15-10(3)4/h8-11,13,16H,5-7H2,1-4H3,(H,15,17)/t11-,13?/m1/s1. The van der Waals surface area contributed by atoms with Gasteiger partial charge in [0.05, 0.1) is 6.10 Å². The van der Waals surface area contributed by atoms with Gasteiger partial charge >= 0.3 is 0 Å². The Kier molecular flexibility index (Phi) is 6.22. The molecule has 2 atom stereocenters. The van der Waals surface area contributed by atoms with Crippen LogP contribution >= 0.6 is 11.8 Å². The third kappa shape index (κ3) is 5.02. The number of aliphatic hydroxyl groups excluding tert-OH is 1. The predicted molar refractivity (Wildman–Crippen MR) is 77.5 cm³/mol. The maximum Gasteiger partial charge on any atom is 0.283 e. The maximum absolute atomic E-state index is 11.7. The van der Waals surface area contributed by atoms with E-state index in [1.54, 1.807) is 0 Å². The number of carbonyl (C=O) groups excluding carboxylic acids is 1. The smallest absolute Gasteiger partial charge is 0.283 e. The lowest BCUT2D eigenvalue weighted by atomic mass is 9.86. The predicted octanol–water partition coefficient (Wildman–Crippen LogP) is 3.54. The molecule has 1 unspecified atom stereocenters. The zero-order valence-electron chi connectivity index (χ0n) is 11.8. The molecule has 0 saturated carbocycles. The molecule has 104 valence electrons. The summed E-state index contributed by atoms with van der Waals surface area (Å²) in [6, 6.07) is 0.172. The number of hydrogen-bond donors (Lipinski definition) is 2. The highest BCUT2D eigenvalue weighted by atomic mass is 32.2. The first-order valence-electron chi connectivity index (χ1n) is 6.77. The van der Waals surface area contributed by atoms with Gasteiger partial charge in [-0.25, -0.2) is 0 Å². The number of aliphatic hydroxyl groups is 1. The molecule has 1 rings (SSSR count). The van der Waals surface area contributed by atoms with Gasteiger partial charge < -0.3 is 10.4 Å². The van der Waals surface area contributed by atoms with E-state index in [-0.39, 0.29) is 29.2 Å². The van der Waals surface area contributed by atoms with Crippen LogP contribution < -0.4 is 5.32 Å². The van der Waals surface area contributed by atoms with Gasteiger partial charge in [-0.15, -0.1) is 0 Å². The zero-order valence-corrected chi connectivity index (χ0v) is 12.6. The van der Waals surface area contributed by atoms with E-state index in [4.69, 9.17) is 0 Å². The summed E-state index contributed by atoms with van der Waals surface area (Å²) in [6.45, 7) is 7.98. The minimum Gasteiger partial charge on any atom is -0.392 e. The molecular formula is C14H25NO2S. The van der Waals surface area contributed by atoms with E-state index < -0.39 is 0 Å². The molecule has 4 heteroatoms. The number of thioether (sulfide) groups is 1. The molecule has 0 fully saturated rings. The fraction of sp³-hybridized carbons (Fsp3) is 0.786. The fourth-order valence-corrected chi connectivity index (χ4v) is 3.17. The molecule has 0 aromatic heterocycles. The Hall–Kier alpha value is -0.480. The van der Waals surface area contributed by atoms with Gasteiger partial charge in [-0.3, -0.25) is 4.79 Å². The maximum atomic E-state index is 11.7. The molecule has 0 spiro atoms. The summed E-state index contributed by atoms with van der Waals surface area (Å²) in [5.74, 6) is 0.466. The van der Waals surface area contributed by atoms with Crippen molar-refractivity contribution in [1.82, 2.24) is 5.32 Å². The summed E-state index contributed by atoms with van der Waals surface area (Å²) < 4.78 is 0. The lowest BCUT2D eigenvalue weighted by Gasteiger charge is -2.27. The van der Waals surface area contributed by atoms with Crippen LogP contribution in [0.3, 0.4) is 0 Å². The highest BCUT2D eigenvalue weighted by Gasteiger charge is 2.24. The molecule has 0 bridgehead atoms. The van der Waals surface area contributed by atoms with Crippen molar-refractivity contribution in [1.29, 1.82) is 0 Å². The van der Waals surface area contributed by atoms with Gasteiger partial charge in [0.1, 0.15) is 0 Å². The molecule has 1 aliphatic carbocycles. The van der Waals surface area contributed by atoms with Crippen LogP contribution in [0.25, 0.3) is 0 Å². The third-order valence-corrected chi connectivity index (χ3v) is 4.02. The Bertz CT molecular complexity index is 313. The molecule has 0 aromatic rings. The fourth-order valence-electron chi connectivity index (χ4n) is 2.15. The molecule has 2 N–H and O–H groups in total. The normalized spacial score (nSPS) is 21.9. The number of hydrogen-bond acceptors (Lipinski definition) is 3. The van der Waals surface area contributed by atoms with Crippen LogP contribution in [0.5, 0.6) is 0 Å². The van der Waals surface area contributed by atoms with E-state index in [1.807, 2.05) is 27.7 Å². The van der Waals surface area contributed by atoms with E-state index >= 15 is 0 Å². The van der Waals surface area contributed by atoms with Crippen molar-refractivity contribution in [3.8, 4) is 0 Å². The molecular weight excluding hydrogens is 246 g/mol. The van der Waals surface area contributed by atoms with Gasteiger partial charge in [0.2, 0.25) is 0 Å². The summed E-state index contributed by atoms with van der Waals surface area (Å²) in [5.41, 5.74) is 0. The molecule has 0 aromatic carbocycles. The second-order valence-corrected chi connectivity index (χ2v) is 6.71. The van der Waals surface area contributed by atoms with Gasteiger partial charge in [0.25, 0.3) is 5.24 Å². The lowest BCUT2D eigenvalue weighted by molar-refractivity contribution is 0.0778. The molecule has 1 amide bonds. The Morgan fingerprint density at radius 2 is 2.11 bits per heavy atom. The first kappa shape index (κ1) is 15.6. The summed E-state index contributed by atoms with van der Waals surface area (Å²) in [4.78, 5) is 12.8. The van der Waals surface area contributed by atoms with Crippen molar-refractivity contribution in [3.05, 3.63) is 11.0 Å². The topological polar surface area (TPSA) is 49.3 Å². The third-order valence-electron chi connectivity index (χ3n) is 3.11. The van der Waals surface area contributed by atoms with Crippen molar-refractivity contribution in [2.24, 2.45) is 11.8 Å². The van der Waals surface area contributed by atoms with Crippen molar-refractivity contribution in [3.63, 3.8) is 0 Å². The zero-order chi connectivity index (χ0) is 13.7. The first-order chi connectivity index (χ1) is 8.40. The highest BCUT2D eigenvalue weighted by molar-refractivity contribution is 8.16. The van der Waals surface area contributed by atoms with Crippen LogP contribution in [0.15, 0.2) is 11.0 Å². The van der Waals surface area contributed by atoms with Crippen molar-refractivity contribution < 1.29 is 9.90 Å². The molecule has 0 radical (unpaired) electrons. The molecule has 0 saturated heterocycles. The van der Waals surface area contributed by atoms with Crippen molar-refractivity contribution in [2.75, 3.05) is 0 Å². The second-order valence-electron chi connectivity index (χ2n) is 5.61. The minimum atomic E-state index is -0.297. The SMILES string of the molecule is CC(C)NC(=O)SC1=C[C@H](C(O)C(C)C)CCC1. The van der Waals surface area contributed by atoms with E-state index in [0.717, 1.165) is 24.2 Å². The minimum absolute atomic E-state index is 0.0101. The second kappa shape index (κ2) is 7.19. The highest BCUT2D eigenvalue weighted by Crippen LogP contribution is 2.33. The van der Waals surface area contributed by atoms with E-state index in [0.29, 0.717) is 0 Å². The monoisotopic (exact) mass is 271 g/mol. The summed E-state index contributed by atoms with van der Waals surface area (Å²) in [5, 5.41) is 13.0. The number of amides is 1. The van der Waals surface area contributed by atoms with Gasteiger partial charge in [-0.2, -0.15) is 0 Å². The molecule has 0 heterocycles. The van der Waals surface area contributed by atoms with Crippen LogP contribution in [-0.4, -0.2) is 22.5 Å². The largest absolute Gasteiger partial charge is 0.392 e. The molecule has 18 heavy (non-hydrogen) atoms. The average Bonchev–Trinajstić information content (AvgIpc) is 2.26. The average molecular weight is 271 g/mol. The number of nitrogens with one attached hydrogen (secondary N) is 1. The van der Waals surface area contributed by atoms with Crippen LogP contribution in [0.1, 0.15) is 47.0 Å². The van der Waals surface area contributed by atoms with Gasteiger partial charge in [0.15, 0.2) is 0 Å². The van der Waals surface area contributed by atoms with Crippen molar-refractivity contribution >= 4 is 17.0 Å². The van der Waals surface area contributed by atoms with Crippen LogP contribution in [0.4, 0.5) is 4.79 Å². The first-order valence-corrected chi connectivity index (χ1v) is 7.59. The molecule has 1 aliphatic rings. The van der Waals surface area contributed by atoms with Gasteiger partial charge in [-0.05, 0) is 55.7 Å². The molecule has 3 nitrogen and oxygen atoms in total. The number of carbonyl (C=O) groups is 1. The Morgan fingerprint density at radius 1 is 1.44 bits per heavy atom. The van der Waals surface area contributed by atoms with E-state index in [9.17, 15) is 9.90 Å². The number of rotatable bonds is 4. The summed E-state index contributed by atoms with van der Waals surface area (Å²) in [7, 11) is 0. The quantitative estimate of drug-likeness (QED) is 0.822. The Balaban J connectivity index is 2.57. The Morgan fingerprint density at radius 3 is 2.67 bits per heavy atom. The van der Waals surface area contributed by atoms with E-state index in [2.05, 4.69) is 11.4 Å². The van der Waals surface area contributed by atoms with Crippen LogP contribution in [0, 0.1) is 11.8 Å². The van der Waals surface area contributed by atoms with E-state index in [1.165, 1.54) is 11.8 Å². The van der Waals surface area contributed by atoms with Gasteiger partial charge in [0, 0.05) is 12.0 Å². The summed E-state index contributed by atoms with van der Waals surface area (Å²) in [6.07, 6.45) is 4.84. The van der Waals surface area contributed by atoms with Crippen LogP contribution in [-0.2, 0) is 0 Å². The number of allylic oxidation sites excluding steroid dienone is 1. The Labute approximate surface area is 114 Å². The van der Waals surface area contributed by atoms with Gasteiger partial charge in [-0.1, -0.05) is 19.9 Å². The van der Waals surface area contributed by atoms with Crippen molar-refractivity contribution in [2.45, 2.75) is 59.1 Å². The molecule has 0 aliphatic heterocycles. The lowest BCUT2D eigenvalue weighted by Crippen LogP contribution is -2.28.